The zero-order valence-corrected chi connectivity index (χ0v) is 21.0. The van der Waals surface area contributed by atoms with Gasteiger partial charge in [-0.05, 0) is 55.1 Å². The number of fused-ring (bicyclic) bond motifs is 2. The Hall–Kier alpha value is -2.99. The van der Waals surface area contributed by atoms with Crippen LogP contribution in [-0.4, -0.2) is 54.4 Å². The molecule has 2 atom stereocenters. The van der Waals surface area contributed by atoms with Gasteiger partial charge in [0.1, 0.15) is 11.0 Å². The van der Waals surface area contributed by atoms with Crippen molar-refractivity contribution >= 4 is 72.3 Å². The van der Waals surface area contributed by atoms with E-state index in [1.54, 1.807) is 54.4 Å². The molecule has 4 aromatic rings. The number of hydrogen-bond acceptors (Lipinski definition) is 6. The lowest BCUT2D eigenvalue weighted by atomic mass is 10.2. The summed E-state index contributed by atoms with van der Waals surface area (Å²) in [6, 6.07) is 11.6. The molecule has 1 aromatic carbocycles. The van der Waals surface area contributed by atoms with E-state index < -0.39 is 23.4 Å². The number of thiophene rings is 1. The highest BCUT2D eigenvalue weighted by Crippen LogP contribution is 2.37. The molecule has 1 aliphatic heterocycles. The molecule has 0 aliphatic carbocycles. The number of nitrogens with zero attached hydrogens (tertiary/aromatic N) is 4. The molecule has 0 radical (unpaired) electrons. The van der Waals surface area contributed by atoms with Crippen molar-refractivity contribution < 1.29 is 23.1 Å². The van der Waals surface area contributed by atoms with Crippen LogP contribution < -0.4 is 4.31 Å². The standard InChI is InChI=1S/C23H21ClN4O5S2/c1-2-33-23(30)27-16(12-17-18(27)4-3-8-25-17)13-26-9-7-19(22(26)29)28(35(31)32)21-10-14-5-6-15(24)11-20(14)34-21/h3-6,8,10-12,19H,2,7,9,13H2,1H3,(H,31,32). The predicted octanol–water partition coefficient (Wildman–Crippen LogP) is 4.65. The molecular formula is C23H21ClN4O5S2. The zero-order chi connectivity index (χ0) is 24.7. The SMILES string of the molecule is CCOC(=O)n1c(CN2CCC(N(c3cc4ccc(Cl)cc4s3)S(=O)O)C2=O)cc2ncccc21. The van der Waals surface area contributed by atoms with E-state index >= 15 is 0 Å². The molecule has 0 spiro atoms. The van der Waals surface area contributed by atoms with Gasteiger partial charge in [-0.1, -0.05) is 17.7 Å². The van der Waals surface area contributed by atoms with Crippen LogP contribution in [0.1, 0.15) is 19.0 Å². The number of ether oxygens (including phenoxy) is 1. The van der Waals surface area contributed by atoms with Crippen LogP contribution in [0.2, 0.25) is 5.02 Å². The van der Waals surface area contributed by atoms with Crippen LogP contribution in [0.15, 0.2) is 48.7 Å². The summed E-state index contributed by atoms with van der Waals surface area (Å²) < 4.78 is 31.2. The van der Waals surface area contributed by atoms with Crippen LogP contribution in [0.4, 0.5) is 9.80 Å². The van der Waals surface area contributed by atoms with E-state index in [0.29, 0.717) is 39.7 Å². The average Bonchev–Trinajstić information content (AvgIpc) is 3.50. The molecule has 1 N–H and O–H groups in total. The van der Waals surface area contributed by atoms with Gasteiger partial charge in [0.2, 0.25) is 5.91 Å². The first-order valence-corrected chi connectivity index (χ1v) is 13.1. The van der Waals surface area contributed by atoms with Crippen LogP contribution in [-0.2, 0) is 27.3 Å². The first-order chi connectivity index (χ1) is 16.9. The van der Waals surface area contributed by atoms with Gasteiger partial charge in [0, 0.05) is 22.5 Å². The number of pyridine rings is 1. The molecule has 3 aromatic heterocycles. The highest BCUT2D eigenvalue weighted by atomic mass is 35.5. The van der Waals surface area contributed by atoms with Gasteiger partial charge in [0.25, 0.3) is 11.3 Å². The zero-order valence-electron chi connectivity index (χ0n) is 18.6. The Kier molecular flexibility index (Phi) is 6.49. The molecule has 5 rings (SSSR count). The molecule has 1 aliphatic rings. The number of carbonyl (C=O) groups excluding carboxylic acids is 2. The Morgan fingerprint density at radius 1 is 1.34 bits per heavy atom. The molecule has 182 valence electrons. The number of carbonyl (C=O) groups is 2. The van der Waals surface area contributed by atoms with Gasteiger partial charge in [0.05, 0.1) is 29.9 Å². The fraction of sp³-hybridized carbons (Fsp3) is 0.261. The van der Waals surface area contributed by atoms with E-state index in [2.05, 4.69) is 4.98 Å². The van der Waals surface area contributed by atoms with Gasteiger partial charge in [-0.25, -0.2) is 17.9 Å². The fourth-order valence-electron chi connectivity index (χ4n) is 4.34. The summed E-state index contributed by atoms with van der Waals surface area (Å²) in [5, 5.41) is 1.95. The maximum absolute atomic E-state index is 13.4. The van der Waals surface area contributed by atoms with E-state index in [4.69, 9.17) is 16.3 Å². The van der Waals surface area contributed by atoms with Crippen molar-refractivity contribution in [3.8, 4) is 0 Å². The molecule has 35 heavy (non-hydrogen) atoms. The summed E-state index contributed by atoms with van der Waals surface area (Å²) in [5.41, 5.74) is 1.76. The quantitative estimate of drug-likeness (QED) is 0.362. The van der Waals surface area contributed by atoms with Crippen LogP contribution >= 0.6 is 22.9 Å². The predicted molar refractivity (Wildman–Crippen MR) is 136 cm³/mol. The third-order valence-corrected chi connectivity index (χ3v) is 8.09. The minimum atomic E-state index is -2.41. The molecule has 4 heterocycles. The first-order valence-electron chi connectivity index (χ1n) is 10.9. The van der Waals surface area contributed by atoms with Gasteiger partial charge in [-0.2, -0.15) is 0 Å². The van der Waals surface area contributed by atoms with Gasteiger partial charge >= 0.3 is 6.09 Å². The van der Waals surface area contributed by atoms with Gasteiger partial charge in [0.15, 0.2) is 0 Å². The van der Waals surface area contributed by atoms with Gasteiger partial charge in [-0.15, -0.1) is 11.3 Å². The highest BCUT2D eigenvalue weighted by Gasteiger charge is 2.40. The normalized spacial score (nSPS) is 16.8. The van der Waals surface area contributed by atoms with Crippen LogP contribution in [0.5, 0.6) is 0 Å². The number of amides is 1. The maximum Gasteiger partial charge on any atom is 0.418 e. The van der Waals surface area contributed by atoms with Crippen LogP contribution in [0.3, 0.4) is 0 Å². The van der Waals surface area contributed by atoms with Crippen molar-refractivity contribution in [1.29, 1.82) is 0 Å². The van der Waals surface area contributed by atoms with Crippen molar-refractivity contribution in [2.45, 2.75) is 25.9 Å². The summed E-state index contributed by atoms with van der Waals surface area (Å²) in [7, 11) is 0. The number of halogens is 1. The lowest BCUT2D eigenvalue weighted by molar-refractivity contribution is -0.129. The van der Waals surface area contributed by atoms with E-state index in [-0.39, 0.29) is 19.1 Å². The number of aromatic nitrogens is 2. The summed E-state index contributed by atoms with van der Waals surface area (Å²) in [6.45, 7) is 2.44. The second-order valence-electron chi connectivity index (χ2n) is 7.97. The third-order valence-electron chi connectivity index (χ3n) is 5.86. The molecule has 1 amide bonds. The topological polar surface area (TPSA) is 105 Å². The smallest absolute Gasteiger partial charge is 0.418 e. The second-order valence-corrected chi connectivity index (χ2v) is 10.3. The lowest BCUT2D eigenvalue weighted by Crippen LogP contribution is -2.42. The van der Waals surface area contributed by atoms with Crippen molar-refractivity contribution in [2.75, 3.05) is 17.5 Å². The molecule has 12 heteroatoms. The molecular weight excluding hydrogens is 512 g/mol. The maximum atomic E-state index is 13.4. The number of likely N-dealkylation sites (tertiary alicyclic amines) is 1. The van der Waals surface area contributed by atoms with Crippen molar-refractivity contribution in [2.24, 2.45) is 0 Å². The molecule has 1 saturated heterocycles. The van der Waals surface area contributed by atoms with Crippen molar-refractivity contribution in [1.82, 2.24) is 14.5 Å². The highest BCUT2D eigenvalue weighted by molar-refractivity contribution is 7.81. The molecule has 2 unspecified atom stereocenters. The van der Waals surface area contributed by atoms with Crippen LogP contribution in [0, 0.1) is 0 Å². The largest absolute Gasteiger partial charge is 0.449 e. The van der Waals surface area contributed by atoms with E-state index in [1.807, 2.05) is 6.07 Å². The average molecular weight is 533 g/mol. The summed E-state index contributed by atoms with van der Waals surface area (Å²) >= 11 is 4.97. The Morgan fingerprint density at radius 2 is 2.17 bits per heavy atom. The summed E-state index contributed by atoms with van der Waals surface area (Å²) in [4.78, 5) is 32.0. The molecule has 0 saturated carbocycles. The number of rotatable bonds is 6. The molecule has 0 bridgehead atoms. The lowest BCUT2D eigenvalue weighted by Gasteiger charge is -2.24. The summed E-state index contributed by atoms with van der Waals surface area (Å²) in [5.74, 6) is -0.295. The fourth-order valence-corrected chi connectivity index (χ4v) is 6.56. The Bertz CT molecular complexity index is 1470. The molecule has 1 fully saturated rings. The van der Waals surface area contributed by atoms with Gasteiger partial charge in [-0.3, -0.25) is 14.3 Å². The minimum Gasteiger partial charge on any atom is -0.449 e. The Labute approximate surface area is 212 Å². The molecule has 9 nitrogen and oxygen atoms in total. The number of benzene rings is 1. The van der Waals surface area contributed by atoms with E-state index in [1.165, 1.54) is 20.2 Å². The van der Waals surface area contributed by atoms with E-state index in [0.717, 1.165) is 10.1 Å². The van der Waals surface area contributed by atoms with Gasteiger partial charge < -0.3 is 9.64 Å². The Balaban J connectivity index is 1.44. The minimum absolute atomic E-state index is 0.137. The van der Waals surface area contributed by atoms with Crippen molar-refractivity contribution in [3.63, 3.8) is 0 Å². The van der Waals surface area contributed by atoms with Crippen LogP contribution in [0.25, 0.3) is 21.1 Å². The number of hydrogen-bond donors (Lipinski definition) is 1. The first kappa shape index (κ1) is 23.7. The Morgan fingerprint density at radius 3 is 2.94 bits per heavy atom. The number of anilines is 1. The third kappa shape index (κ3) is 4.40. The summed E-state index contributed by atoms with van der Waals surface area (Å²) in [6.07, 6.45) is 1.44. The second kappa shape index (κ2) is 9.57. The van der Waals surface area contributed by atoms with Crippen molar-refractivity contribution in [3.05, 3.63) is 59.4 Å². The van der Waals surface area contributed by atoms with E-state index in [9.17, 15) is 18.4 Å². The monoisotopic (exact) mass is 532 g/mol.